The number of rotatable bonds is 4. The van der Waals surface area contributed by atoms with Crippen molar-refractivity contribution in [3.63, 3.8) is 0 Å². The minimum Gasteiger partial charge on any atom is -0.335 e. The maximum absolute atomic E-state index is 13.0. The van der Waals surface area contributed by atoms with Crippen molar-refractivity contribution in [2.45, 2.75) is 32.4 Å². The number of nitrogens with zero attached hydrogens (tertiary/aromatic N) is 1. The molecule has 0 bridgehead atoms. The third-order valence-electron chi connectivity index (χ3n) is 2.84. The molecule has 1 fully saturated rings. The zero-order valence-electron chi connectivity index (χ0n) is 9.95. The Labute approximate surface area is 101 Å². The van der Waals surface area contributed by atoms with Crippen LogP contribution in [-0.2, 0) is 6.54 Å². The fraction of sp³-hybridized carbons (Fsp3) is 0.462. The molecule has 1 aromatic rings. The quantitative estimate of drug-likeness (QED) is 0.856. The molecule has 1 aliphatic carbocycles. The van der Waals surface area contributed by atoms with Gasteiger partial charge in [0.25, 0.3) is 0 Å². The van der Waals surface area contributed by atoms with Crippen molar-refractivity contribution < 1.29 is 9.18 Å². The summed E-state index contributed by atoms with van der Waals surface area (Å²) in [5.41, 5.74) is 0.817. The number of urea groups is 1. The highest BCUT2D eigenvalue weighted by Gasteiger charge is 2.25. The van der Waals surface area contributed by atoms with Gasteiger partial charge in [-0.25, -0.2) is 9.18 Å². The number of nitrogens with one attached hydrogen (secondary N) is 1. The fourth-order valence-electron chi connectivity index (χ4n) is 1.68. The van der Waals surface area contributed by atoms with Crippen molar-refractivity contribution in [3.8, 4) is 0 Å². The van der Waals surface area contributed by atoms with Crippen LogP contribution >= 0.6 is 0 Å². The smallest absolute Gasteiger partial charge is 0.317 e. The van der Waals surface area contributed by atoms with Crippen LogP contribution in [0.15, 0.2) is 24.3 Å². The molecule has 0 saturated heterocycles. The van der Waals surface area contributed by atoms with Gasteiger partial charge < -0.3 is 10.2 Å². The molecule has 4 heteroatoms. The first-order valence-electron chi connectivity index (χ1n) is 5.99. The van der Waals surface area contributed by atoms with Gasteiger partial charge >= 0.3 is 6.03 Å². The molecule has 1 saturated carbocycles. The molecule has 0 radical (unpaired) electrons. The van der Waals surface area contributed by atoms with E-state index in [1.807, 2.05) is 13.0 Å². The zero-order valence-corrected chi connectivity index (χ0v) is 9.95. The fourth-order valence-corrected chi connectivity index (χ4v) is 1.68. The molecule has 17 heavy (non-hydrogen) atoms. The molecule has 0 aromatic heterocycles. The van der Waals surface area contributed by atoms with Crippen LogP contribution in [0.4, 0.5) is 9.18 Å². The number of benzene rings is 1. The molecule has 3 nitrogen and oxygen atoms in total. The summed E-state index contributed by atoms with van der Waals surface area (Å²) in [5.74, 6) is -0.263. The summed E-state index contributed by atoms with van der Waals surface area (Å²) >= 11 is 0. The highest BCUT2D eigenvalue weighted by atomic mass is 19.1. The third kappa shape index (κ3) is 3.44. The lowest BCUT2D eigenvalue weighted by atomic mass is 10.2. The van der Waals surface area contributed by atoms with Crippen molar-refractivity contribution in [2.24, 2.45) is 0 Å². The van der Waals surface area contributed by atoms with Crippen LogP contribution < -0.4 is 5.32 Å². The molecule has 1 aliphatic rings. The molecule has 0 aliphatic heterocycles. The lowest BCUT2D eigenvalue weighted by Gasteiger charge is -2.21. The summed E-state index contributed by atoms with van der Waals surface area (Å²) in [6, 6.07) is 6.66. The molecule has 1 N–H and O–H groups in total. The van der Waals surface area contributed by atoms with Crippen LogP contribution in [0.3, 0.4) is 0 Å². The van der Waals surface area contributed by atoms with Gasteiger partial charge in [0.2, 0.25) is 0 Å². The molecular formula is C13H17FN2O. The van der Waals surface area contributed by atoms with Gasteiger partial charge in [0.1, 0.15) is 5.82 Å². The molecule has 1 aromatic carbocycles. The molecule has 0 atom stereocenters. The van der Waals surface area contributed by atoms with Crippen LogP contribution in [0.1, 0.15) is 25.3 Å². The van der Waals surface area contributed by atoms with Crippen molar-refractivity contribution in [1.82, 2.24) is 10.2 Å². The second kappa shape index (κ2) is 5.17. The van der Waals surface area contributed by atoms with Crippen LogP contribution in [0.2, 0.25) is 0 Å². The highest BCUT2D eigenvalue weighted by Crippen LogP contribution is 2.19. The van der Waals surface area contributed by atoms with E-state index in [0.29, 0.717) is 19.1 Å². The standard InChI is InChI=1S/C13H17FN2O/c1-2-16(13(17)15-12-6-7-12)9-10-4-3-5-11(14)8-10/h3-5,8,12H,2,6-7,9H2,1H3,(H,15,17). The Hall–Kier alpha value is -1.58. The van der Waals surface area contributed by atoms with Crippen LogP contribution in [-0.4, -0.2) is 23.5 Å². The van der Waals surface area contributed by atoms with Crippen molar-refractivity contribution >= 4 is 6.03 Å². The SMILES string of the molecule is CCN(Cc1cccc(F)c1)C(=O)NC1CC1. The van der Waals surface area contributed by atoms with Gasteiger partial charge in [-0.05, 0) is 37.5 Å². The highest BCUT2D eigenvalue weighted by molar-refractivity contribution is 5.74. The van der Waals surface area contributed by atoms with Crippen molar-refractivity contribution in [1.29, 1.82) is 0 Å². The molecule has 2 amide bonds. The summed E-state index contributed by atoms with van der Waals surface area (Å²) < 4.78 is 13.0. The molecule has 2 rings (SSSR count). The molecule has 0 unspecified atom stereocenters. The second-order valence-corrected chi connectivity index (χ2v) is 4.37. The number of carbonyl (C=O) groups is 1. The topological polar surface area (TPSA) is 32.3 Å². The predicted octanol–water partition coefficient (Wildman–Crippen LogP) is 2.52. The van der Waals surface area contributed by atoms with Gasteiger partial charge in [0.05, 0.1) is 0 Å². The largest absolute Gasteiger partial charge is 0.335 e. The van der Waals surface area contributed by atoms with E-state index >= 15 is 0 Å². The minimum atomic E-state index is -0.263. The maximum atomic E-state index is 13.0. The van der Waals surface area contributed by atoms with E-state index in [-0.39, 0.29) is 11.8 Å². The first-order valence-corrected chi connectivity index (χ1v) is 5.99. The van der Waals surface area contributed by atoms with E-state index in [9.17, 15) is 9.18 Å². The third-order valence-corrected chi connectivity index (χ3v) is 2.84. The van der Waals surface area contributed by atoms with Crippen molar-refractivity contribution in [3.05, 3.63) is 35.6 Å². The van der Waals surface area contributed by atoms with Crippen molar-refractivity contribution in [2.75, 3.05) is 6.54 Å². The first kappa shape index (κ1) is 11.9. The molecule has 0 heterocycles. The second-order valence-electron chi connectivity index (χ2n) is 4.37. The summed E-state index contributed by atoms with van der Waals surface area (Å²) in [6.07, 6.45) is 2.15. The van der Waals surface area contributed by atoms with E-state index in [0.717, 1.165) is 18.4 Å². The monoisotopic (exact) mass is 236 g/mol. The number of amides is 2. The minimum absolute atomic E-state index is 0.0562. The number of carbonyl (C=O) groups excluding carboxylic acids is 1. The van der Waals surface area contributed by atoms with Gasteiger partial charge in [0, 0.05) is 19.1 Å². The van der Waals surface area contributed by atoms with E-state index in [4.69, 9.17) is 0 Å². The molecule has 92 valence electrons. The summed E-state index contributed by atoms with van der Waals surface area (Å²) in [4.78, 5) is 13.5. The Bertz CT molecular complexity index is 404. The van der Waals surface area contributed by atoms with Gasteiger partial charge in [-0.15, -0.1) is 0 Å². The van der Waals surface area contributed by atoms with Crippen LogP contribution in [0.5, 0.6) is 0 Å². The summed E-state index contributed by atoms with van der Waals surface area (Å²) in [6.45, 7) is 2.99. The van der Waals surface area contributed by atoms with E-state index in [2.05, 4.69) is 5.32 Å². The number of hydrogen-bond acceptors (Lipinski definition) is 1. The van der Waals surface area contributed by atoms with Gasteiger partial charge in [0.15, 0.2) is 0 Å². The normalized spacial score (nSPS) is 14.5. The van der Waals surface area contributed by atoms with Crippen LogP contribution in [0.25, 0.3) is 0 Å². The Kier molecular flexibility index (Phi) is 3.61. The van der Waals surface area contributed by atoms with Gasteiger partial charge in [-0.3, -0.25) is 0 Å². The Balaban J connectivity index is 1.95. The van der Waals surface area contributed by atoms with E-state index in [1.54, 1.807) is 11.0 Å². The molecular weight excluding hydrogens is 219 g/mol. The Morgan fingerprint density at radius 2 is 2.29 bits per heavy atom. The number of hydrogen-bond donors (Lipinski definition) is 1. The van der Waals surface area contributed by atoms with Gasteiger partial charge in [-0.1, -0.05) is 12.1 Å². The average Bonchev–Trinajstić information content (AvgIpc) is 3.09. The Morgan fingerprint density at radius 1 is 1.53 bits per heavy atom. The molecule has 0 spiro atoms. The lowest BCUT2D eigenvalue weighted by molar-refractivity contribution is 0.197. The first-order chi connectivity index (χ1) is 8.19. The Morgan fingerprint density at radius 3 is 2.88 bits per heavy atom. The maximum Gasteiger partial charge on any atom is 0.317 e. The number of halogens is 1. The zero-order chi connectivity index (χ0) is 12.3. The van der Waals surface area contributed by atoms with E-state index < -0.39 is 0 Å². The predicted molar refractivity (Wildman–Crippen MR) is 64.0 cm³/mol. The summed E-state index contributed by atoms with van der Waals surface area (Å²) in [7, 11) is 0. The average molecular weight is 236 g/mol. The van der Waals surface area contributed by atoms with Gasteiger partial charge in [-0.2, -0.15) is 0 Å². The van der Waals surface area contributed by atoms with E-state index in [1.165, 1.54) is 12.1 Å². The lowest BCUT2D eigenvalue weighted by Crippen LogP contribution is -2.40. The van der Waals surface area contributed by atoms with Crippen LogP contribution in [0, 0.1) is 5.82 Å². The summed E-state index contributed by atoms with van der Waals surface area (Å²) in [5, 5.41) is 2.93.